The van der Waals surface area contributed by atoms with Crippen LogP contribution >= 0.6 is 0 Å². The zero-order chi connectivity index (χ0) is 17.0. The number of aldehydes is 1. The Kier molecular flexibility index (Phi) is 7.03. The van der Waals surface area contributed by atoms with E-state index in [-0.39, 0.29) is 17.9 Å². The fourth-order valence-electron chi connectivity index (χ4n) is 1.76. The Morgan fingerprint density at radius 1 is 1.05 bits per heavy atom. The monoisotopic (exact) mass is 299 g/mol. The Bertz CT molecular complexity index is 396. The molecule has 2 unspecified atom stereocenters. The van der Waals surface area contributed by atoms with Crippen molar-refractivity contribution >= 4 is 18.1 Å². The number of hydrogen-bond acceptors (Lipinski definition) is 4. The molecular formula is C15H29N3O3. The fraction of sp³-hybridized carbons (Fsp3) is 0.800. The molecule has 0 saturated carbocycles. The van der Waals surface area contributed by atoms with E-state index in [1.807, 2.05) is 25.8 Å². The van der Waals surface area contributed by atoms with E-state index >= 15 is 0 Å². The van der Waals surface area contributed by atoms with Crippen LogP contribution in [0.15, 0.2) is 0 Å². The molecule has 0 rings (SSSR count). The van der Waals surface area contributed by atoms with Gasteiger partial charge in [0.25, 0.3) is 0 Å². The van der Waals surface area contributed by atoms with Crippen molar-refractivity contribution in [2.24, 2.45) is 0 Å². The summed E-state index contributed by atoms with van der Waals surface area (Å²) in [5.41, 5.74) is -0.888. The molecule has 0 fully saturated rings. The lowest BCUT2D eigenvalue weighted by molar-refractivity contribution is -0.149. The molecule has 122 valence electrons. The first-order chi connectivity index (χ1) is 9.51. The van der Waals surface area contributed by atoms with E-state index in [0.717, 1.165) is 12.8 Å². The Morgan fingerprint density at radius 3 is 1.90 bits per heavy atom. The quantitative estimate of drug-likeness (QED) is 0.646. The van der Waals surface area contributed by atoms with Gasteiger partial charge in [-0.15, -0.1) is 0 Å². The van der Waals surface area contributed by atoms with E-state index in [2.05, 4.69) is 0 Å². The molecule has 2 atom stereocenters. The maximum absolute atomic E-state index is 12.4. The lowest BCUT2D eigenvalue weighted by atomic mass is 10.0. The van der Waals surface area contributed by atoms with Crippen LogP contribution in [-0.4, -0.2) is 78.1 Å². The Labute approximate surface area is 128 Å². The van der Waals surface area contributed by atoms with Crippen molar-refractivity contribution in [3.05, 3.63) is 0 Å². The van der Waals surface area contributed by atoms with E-state index < -0.39 is 11.6 Å². The van der Waals surface area contributed by atoms with Crippen LogP contribution in [0.4, 0.5) is 0 Å². The molecule has 0 aromatic carbocycles. The first kappa shape index (κ1) is 19.6. The number of likely N-dealkylation sites (N-methyl/N-ethyl adjacent to an activating group) is 3. The van der Waals surface area contributed by atoms with Crippen molar-refractivity contribution < 1.29 is 14.4 Å². The minimum atomic E-state index is -0.888. The molecule has 0 saturated heterocycles. The summed E-state index contributed by atoms with van der Waals surface area (Å²) in [6.07, 6.45) is 0.729. The predicted molar refractivity (Wildman–Crippen MR) is 82.9 cm³/mol. The highest BCUT2D eigenvalue weighted by molar-refractivity contribution is 5.90. The highest BCUT2D eigenvalue weighted by atomic mass is 16.2. The number of rotatable bonds is 7. The predicted octanol–water partition coefficient (Wildman–Crippen LogP) is 0.609. The summed E-state index contributed by atoms with van der Waals surface area (Å²) in [6, 6.07) is -0.908. The van der Waals surface area contributed by atoms with Crippen LogP contribution < -0.4 is 0 Å². The van der Waals surface area contributed by atoms with Crippen LogP contribution in [0, 0.1) is 0 Å². The maximum Gasteiger partial charge on any atom is 0.245 e. The van der Waals surface area contributed by atoms with Gasteiger partial charge in [-0.05, 0) is 41.3 Å². The van der Waals surface area contributed by atoms with Gasteiger partial charge in [-0.2, -0.15) is 0 Å². The number of amides is 2. The second-order valence-corrected chi connectivity index (χ2v) is 6.04. The fourth-order valence-corrected chi connectivity index (χ4v) is 1.76. The minimum Gasteiger partial charge on any atom is -0.333 e. The normalized spacial score (nSPS) is 14.5. The highest BCUT2D eigenvalue weighted by Crippen LogP contribution is 2.13. The van der Waals surface area contributed by atoms with Crippen molar-refractivity contribution in [2.45, 2.75) is 52.2 Å². The molecule has 6 heteroatoms. The van der Waals surface area contributed by atoms with Crippen LogP contribution in [0.1, 0.15) is 34.6 Å². The van der Waals surface area contributed by atoms with Gasteiger partial charge >= 0.3 is 0 Å². The molecule has 0 aromatic rings. The van der Waals surface area contributed by atoms with Gasteiger partial charge in [0.05, 0.1) is 11.6 Å². The van der Waals surface area contributed by atoms with Crippen molar-refractivity contribution in [1.82, 2.24) is 14.7 Å². The molecule has 6 nitrogen and oxygen atoms in total. The maximum atomic E-state index is 12.4. The third kappa shape index (κ3) is 4.52. The molecule has 2 amide bonds. The zero-order valence-corrected chi connectivity index (χ0v) is 14.5. The van der Waals surface area contributed by atoms with Crippen LogP contribution in [0.3, 0.4) is 0 Å². The Morgan fingerprint density at radius 2 is 1.52 bits per heavy atom. The molecule has 21 heavy (non-hydrogen) atoms. The smallest absolute Gasteiger partial charge is 0.245 e. The summed E-state index contributed by atoms with van der Waals surface area (Å²) in [7, 11) is 5.06. The molecule has 0 spiro atoms. The van der Waals surface area contributed by atoms with Crippen LogP contribution in [0.2, 0.25) is 0 Å². The summed E-state index contributed by atoms with van der Waals surface area (Å²) < 4.78 is 0. The van der Waals surface area contributed by atoms with E-state index in [0.29, 0.717) is 0 Å². The number of nitrogens with zero attached hydrogens (tertiary/aromatic N) is 3. The molecule has 0 aliphatic carbocycles. The molecule has 0 aromatic heterocycles. The van der Waals surface area contributed by atoms with Crippen molar-refractivity contribution in [3.8, 4) is 0 Å². The molecule has 0 aliphatic heterocycles. The number of carbonyl (C=O) groups is 3. The molecule has 0 radical (unpaired) electrons. The first-order valence-corrected chi connectivity index (χ1v) is 7.22. The van der Waals surface area contributed by atoms with Crippen molar-refractivity contribution in [2.75, 3.05) is 27.7 Å². The summed E-state index contributed by atoms with van der Waals surface area (Å²) >= 11 is 0. The minimum absolute atomic E-state index is 0.113. The van der Waals surface area contributed by atoms with E-state index in [1.54, 1.807) is 34.9 Å². The first-order valence-electron chi connectivity index (χ1n) is 7.22. The van der Waals surface area contributed by atoms with E-state index in [4.69, 9.17) is 0 Å². The lowest BCUT2D eigenvalue weighted by Crippen LogP contribution is -2.56. The Balaban J connectivity index is 5.00. The molecule has 0 N–H and O–H groups in total. The number of carbonyl (C=O) groups excluding carboxylic acids is 3. The summed E-state index contributed by atoms with van der Waals surface area (Å²) in [4.78, 5) is 40.6. The summed E-state index contributed by atoms with van der Waals surface area (Å²) in [5, 5.41) is 0. The highest BCUT2D eigenvalue weighted by Gasteiger charge is 2.34. The summed E-state index contributed by atoms with van der Waals surface area (Å²) in [6.45, 7) is 9.55. The van der Waals surface area contributed by atoms with Gasteiger partial charge in [0.1, 0.15) is 12.3 Å². The van der Waals surface area contributed by atoms with Gasteiger partial charge in [-0.3, -0.25) is 14.5 Å². The zero-order valence-electron chi connectivity index (χ0n) is 14.5. The third-order valence-electron chi connectivity index (χ3n) is 4.29. The van der Waals surface area contributed by atoms with Crippen molar-refractivity contribution in [1.29, 1.82) is 0 Å². The van der Waals surface area contributed by atoms with Crippen molar-refractivity contribution in [3.63, 3.8) is 0 Å². The largest absolute Gasteiger partial charge is 0.333 e. The average molecular weight is 299 g/mol. The van der Waals surface area contributed by atoms with Gasteiger partial charge < -0.3 is 14.6 Å². The second kappa shape index (κ2) is 7.54. The SMILES string of the molecule is CCN(C)C(C)C(=O)N(C)C(C)C(=O)N(C)C(C)(C)C=O. The van der Waals surface area contributed by atoms with Crippen LogP contribution in [-0.2, 0) is 14.4 Å². The van der Waals surface area contributed by atoms with E-state index in [9.17, 15) is 14.4 Å². The molecule has 0 aliphatic rings. The topological polar surface area (TPSA) is 60.9 Å². The molecular weight excluding hydrogens is 270 g/mol. The van der Waals surface area contributed by atoms with Gasteiger partial charge in [0, 0.05) is 14.1 Å². The van der Waals surface area contributed by atoms with Crippen LogP contribution in [0.25, 0.3) is 0 Å². The Hall–Kier alpha value is -1.43. The van der Waals surface area contributed by atoms with Gasteiger partial charge in [-0.1, -0.05) is 6.92 Å². The standard InChI is InChI=1S/C15H29N3O3/c1-9-16(6)11(2)13(20)17(7)12(3)14(21)18(8)15(4,5)10-19/h10-12H,9H2,1-8H3. The van der Waals surface area contributed by atoms with Crippen LogP contribution in [0.5, 0.6) is 0 Å². The molecule has 0 bridgehead atoms. The van der Waals surface area contributed by atoms with Gasteiger partial charge in [0.15, 0.2) is 0 Å². The molecule has 0 heterocycles. The summed E-state index contributed by atoms with van der Waals surface area (Å²) in [5.74, 6) is -0.369. The third-order valence-corrected chi connectivity index (χ3v) is 4.29. The number of hydrogen-bond donors (Lipinski definition) is 0. The lowest BCUT2D eigenvalue weighted by Gasteiger charge is -2.36. The van der Waals surface area contributed by atoms with Gasteiger partial charge in [-0.25, -0.2) is 0 Å². The van der Waals surface area contributed by atoms with Gasteiger partial charge in [0.2, 0.25) is 11.8 Å². The van der Waals surface area contributed by atoms with E-state index in [1.165, 1.54) is 9.80 Å². The average Bonchev–Trinajstić information content (AvgIpc) is 2.49. The second-order valence-electron chi connectivity index (χ2n) is 6.04.